The summed E-state index contributed by atoms with van der Waals surface area (Å²) in [6, 6.07) is 4.68. The monoisotopic (exact) mass is 323 g/mol. The van der Waals surface area contributed by atoms with Crippen LogP contribution in [0.4, 0.5) is 26.7 Å². The zero-order chi connectivity index (χ0) is 17.8. The fraction of sp³-hybridized carbons (Fsp3) is 0.500. The van der Waals surface area contributed by atoms with Crippen molar-refractivity contribution in [1.29, 1.82) is 0 Å². The lowest BCUT2D eigenvalue weighted by atomic mass is 10.2. The molecule has 1 aromatic carbocycles. The van der Waals surface area contributed by atoms with Gasteiger partial charge in [0.25, 0.3) is 0 Å². The van der Waals surface area contributed by atoms with Crippen molar-refractivity contribution in [1.82, 2.24) is 0 Å². The lowest BCUT2D eigenvalue weighted by molar-refractivity contribution is 0.0625. The Bertz CT molecular complexity index is 538. The molecule has 7 heteroatoms. The van der Waals surface area contributed by atoms with Crippen LogP contribution in [0.3, 0.4) is 0 Å². The molecule has 7 nitrogen and oxygen atoms in total. The second-order valence-electron chi connectivity index (χ2n) is 7.10. The zero-order valence-electron chi connectivity index (χ0n) is 14.4. The van der Waals surface area contributed by atoms with Gasteiger partial charge in [0.05, 0.1) is 0 Å². The lowest BCUT2D eigenvalue weighted by Crippen LogP contribution is -2.28. The Labute approximate surface area is 136 Å². The van der Waals surface area contributed by atoms with Gasteiger partial charge in [0.15, 0.2) is 0 Å². The molecule has 0 saturated carbocycles. The van der Waals surface area contributed by atoms with E-state index < -0.39 is 23.4 Å². The molecule has 0 aliphatic rings. The van der Waals surface area contributed by atoms with Crippen molar-refractivity contribution in [2.75, 3.05) is 16.4 Å². The molecular weight excluding hydrogens is 298 g/mol. The Morgan fingerprint density at radius 3 is 1.48 bits per heavy atom. The number of nitrogens with two attached hydrogens (primary N) is 1. The summed E-state index contributed by atoms with van der Waals surface area (Å²) in [5, 5.41) is 5.14. The number of nitrogen functional groups attached to an aromatic ring is 1. The molecule has 0 unspecified atom stereocenters. The first-order valence-corrected chi connectivity index (χ1v) is 7.25. The minimum absolute atomic E-state index is 0.379. The van der Waals surface area contributed by atoms with Crippen LogP contribution >= 0.6 is 0 Å². The molecule has 0 fully saturated rings. The maximum absolute atomic E-state index is 11.8. The summed E-state index contributed by atoms with van der Waals surface area (Å²) in [5.41, 5.74) is 5.76. The van der Waals surface area contributed by atoms with Gasteiger partial charge in [-0.1, -0.05) is 0 Å². The maximum atomic E-state index is 11.8. The van der Waals surface area contributed by atoms with Gasteiger partial charge in [-0.2, -0.15) is 0 Å². The molecule has 0 radical (unpaired) electrons. The fourth-order valence-electron chi connectivity index (χ4n) is 1.64. The first-order valence-electron chi connectivity index (χ1n) is 7.25. The molecule has 0 heterocycles. The standard InChI is InChI=1S/C16H25N3O4/c1-15(2,3)22-13(20)18-11-7-10(17)8-12(9-11)19-14(21)23-16(4,5)6/h7-9H,17H2,1-6H3,(H,18,20)(H,19,21). The van der Waals surface area contributed by atoms with Crippen LogP contribution < -0.4 is 16.4 Å². The molecule has 4 N–H and O–H groups in total. The van der Waals surface area contributed by atoms with Crippen LogP contribution in [0.15, 0.2) is 18.2 Å². The van der Waals surface area contributed by atoms with Crippen LogP contribution in [-0.4, -0.2) is 23.4 Å². The van der Waals surface area contributed by atoms with E-state index in [9.17, 15) is 9.59 Å². The molecule has 1 rings (SSSR count). The summed E-state index contributed by atoms with van der Waals surface area (Å²) in [7, 11) is 0. The van der Waals surface area contributed by atoms with Crippen molar-refractivity contribution < 1.29 is 19.1 Å². The van der Waals surface area contributed by atoms with Gasteiger partial charge in [-0.3, -0.25) is 10.6 Å². The molecule has 0 saturated heterocycles. The number of amides is 2. The van der Waals surface area contributed by atoms with Gasteiger partial charge >= 0.3 is 12.2 Å². The highest BCUT2D eigenvalue weighted by Gasteiger charge is 2.18. The summed E-state index contributed by atoms with van der Waals surface area (Å²) in [5.74, 6) is 0. The van der Waals surface area contributed by atoms with E-state index in [1.165, 1.54) is 0 Å². The van der Waals surface area contributed by atoms with Crippen LogP contribution in [0.25, 0.3) is 0 Å². The molecular formula is C16H25N3O4. The van der Waals surface area contributed by atoms with Gasteiger partial charge in [-0.25, -0.2) is 9.59 Å². The first kappa shape index (κ1) is 18.6. The number of hydrogen-bond donors (Lipinski definition) is 3. The number of benzene rings is 1. The molecule has 0 aliphatic carbocycles. The molecule has 128 valence electrons. The summed E-state index contributed by atoms with van der Waals surface area (Å²) in [6.45, 7) is 10.6. The number of ether oxygens (including phenoxy) is 2. The Morgan fingerprint density at radius 1 is 0.826 bits per heavy atom. The van der Waals surface area contributed by atoms with Gasteiger partial charge in [0.1, 0.15) is 11.2 Å². The molecule has 0 spiro atoms. The highest BCUT2D eigenvalue weighted by Crippen LogP contribution is 2.22. The number of hydrogen-bond acceptors (Lipinski definition) is 5. The van der Waals surface area contributed by atoms with Crippen LogP contribution in [0.5, 0.6) is 0 Å². The minimum atomic E-state index is -0.609. The minimum Gasteiger partial charge on any atom is -0.444 e. The number of rotatable bonds is 2. The molecule has 0 atom stereocenters. The quantitative estimate of drug-likeness (QED) is 0.715. The summed E-state index contributed by atoms with van der Waals surface area (Å²) in [4.78, 5) is 23.5. The van der Waals surface area contributed by atoms with E-state index in [0.29, 0.717) is 17.1 Å². The van der Waals surface area contributed by atoms with Crippen molar-refractivity contribution in [2.45, 2.75) is 52.7 Å². The third-order valence-corrected chi connectivity index (χ3v) is 2.25. The summed E-state index contributed by atoms with van der Waals surface area (Å²) in [6.07, 6.45) is -1.21. The van der Waals surface area contributed by atoms with E-state index in [0.717, 1.165) is 0 Å². The van der Waals surface area contributed by atoms with Gasteiger partial charge in [-0.15, -0.1) is 0 Å². The smallest absolute Gasteiger partial charge is 0.412 e. The van der Waals surface area contributed by atoms with Crippen LogP contribution in [0, 0.1) is 0 Å². The number of anilines is 3. The van der Waals surface area contributed by atoms with Crippen molar-refractivity contribution in [3.63, 3.8) is 0 Å². The average Bonchev–Trinajstić information content (AvgIpc) is 2.20. The van der Waals surface area contributed by atoms with Crippen LogP contribution in [0.1, 0.15) is 41.5 Å². The predicted octanol–water partition coefficient (Wildman–Crippen LogP) is 3.96. The summed E-state index contributed by atoms with van der Waals surface area (Å²) >= 11 is 0. The Morgan fingerprint density at radius 2 is 1.17 bits per heavy atom. The number of nitrogens with one attached hydrogen (secondary N) is 2. The normalized spacial score (nSPS) is 11.6. The third kappa shape index (κ3) is 7.94. The van der Waals surface area contributed by atoms with E-state index in [-0.39, 0.29) is 0 Å². The Hall–Kier alpha value is -2.44. The van der Waals surface area contributed by atoms with Gasteiger partial charge in [0.2, 0.25) is 0 Å². The molecule has 0 aliphatic heterocycles. The first-order chi connectivity index (χ1) is 10.3. The highest BCUT2D eigenvalue weighted by molar-refractivity contribution is 5.90. The third-order valence-electron chi connectivity index (χ3n) is 2.25. The van der Waals surface area contributed by atoms with E-state index >= 15 is 0 Å². The average molecular weight is 323 g/mol. The van der Waals surface area contributed by atoms with E-state index in [1.54, 1.807) is 59.7 Å². The molecule has 1 aromatic rings. The molecule has 23 heavy (non-hydrogen) atoms. The molecule has 0 bridgehead atoms. The van der Waals surface area contributed by atoms with Crippen molar-refractivity contribution in [3.8, 4) is 0 Å². The Kier molecular flexibility index (Phi) is 5.47. The SMILES string of the molecule is CC(C)(C)OC(=O)Nc1cc(N)cc(NC(=O)OC(C)(C)C)c1. The number of carbonyl (C=O) groups excluding carboxylic acids is 2. The van der Waals surface area contributed by atoms with Crippen molar-refractivity contribution >= 4 is 29.2 Å². The van der Waals surface area contributed by atoms with Gasteiger partial charge < -0.3 is 15.2 Å². The second kappa shape index (κ2) is 6.76. The topological polar surface area (TPSA) is 103 Å². The van der Waals surface area contributed by atoms with Gasteiger partial charge in [0, 0.05) is 17.1 Å². The van der Waals surface area contributed by atoms with Crippen LogP contribution in [-0.2, 0) is 9.47 Å². The fourth-order valence-corrected chi connectivity index (χ4v) is 1.64. The maximum Gasteiger partial charge on any atom is 0.412 e. The van der Waals surface area contributed by atoms with Crippen molar-refractivity contribution in [3.05, 3.63) is 18.2 Å². The zero-order valence-corrected chi connectivity index (χ0v) is 14.4. The molecule has 0 aromatic heterocycles. The van der Waals surface area contributed by atoms with E-state index in [1.807, 2.05) is 0 Å². The second-order valence-corrected chi connectivity index (χ2v) is 7.10. The number of carbonyl (C=O) groups is 2. The van der Waals surface area contributed by atoms with E-state index in [4.69, 9.17) is 15.2 Å². The summed E-state index contributed by atoms with van der Waals surface area (Å²) < 4.78 is 10.3. The van der Waals surface area contributed by atoms with Crippen LogP contribution in [0.2, 0.25) is 0 Å². The Balaban J connectivity index is 2.79. The predicted molar refractivity (Wildman–Crippen MR) is 90.6 cm³/mol. The lowest BCUT2D eigenvalue weighted by Gasteiger charge is -2.21. The highest BCUT2D eigenvalue weighted by atomic mass is 16.6. The largest absolute Gasteiger partial charge is 0.444 e. The van der Waals surface area contributed by atoms with Crippen molar-refractivity contribution in [2.24, 2.45) is 0 Å². The van der Waals surface area contributed by atoms with E-state index in [2.05, 4.69) is 10.6 Å². The van der Waals surface area contributed by atoms with Gasteiger partial charge in [-0.05, 0) is 59.7 Å². The molecule has 2 amide bonds.